The molecule has 1 aliphatic rings. The van der Waals surface area contributed by atoms with E-state index in [0.29, 0.717) is 41.0 Å². The van der Waals surface area contributed by atoms with E-state index < -0.39 is 31.5 Å². The average molecular weight is 672 g/mol. The molecule has 2 aromatic heterocycles. The summed E-state index contributed by atoms with van der Waals surface area (Å²) in [5, 5.41) is 0.595. The number of hydrogen-bond acceptors (Lipinski definition) is 11. The van der Waals surface area contributed by atoms with Gasteiger partial charge in [-0.2, -0.15) is 4.67 Å². The third-order valence-corrected chi connectivity index (χ3v) is 10.5. The van der Waals surface area contributed by atoms with Gasteiger partial charge in [-0.15, -0.1) is 11.8 Å². The van der Waals surface area contributed by atoms with Gasteiger partial charge in [-0.25, -0.2) is 14.5 Å². The molecule has 1 fully saturated rings. The van der Waals surface area contributed by atoms with Crippen LogP contribution in [0.4, 0.5) is 5.82 Å². The van der Waals surface area contributed by atoms with Crippen LogP contribution in [0.1, 0.15) is 47.4 Å². The zero-order valence-electron chi connectivity index (χ0n) is 27.3. The van der Waals surface area contributed by atoms with Crippen molar-refractivity contribution in [1.82, 2.24) is 19.2 Å². The summed E-state index contributed by atoms with van der Waals surface area (Å²) in [6.07, 6.45) is -0.688. The van der Waals surface area contributed by atoms with Gasteiger partial charge < -0.3 is 29.0 Å². The zero-order chi connectivity index (χ0) is 33.2. The molecular formula is C32H42N5O7PS. The summed E-state index contributed by atoms with van der Waals surface area (Å²) in [5.41, 5.74) is 7.68. The van der Waals surface area contributed by atoms with E-state index >= 15 is 4.57 Å². The van der Waals surface area contributed by atoms with Crippen LogP contribution in [-0.4, -0.2) is 67.8 Å². The molecule has 0 amide bonds. The Morgan fingerprint density at radius 1 is 1.13 bits per heavy atom. The summed E-state index contributed by atoms with van der Waals surface area (Å²) in [6, 6.07) is 13.5. The van der Waals surface area contributed by atoms with Gasteiger partial charge >= 0.3 is 13.7 Å². The molecule has 46 heavy (non-hydrogen) atoms. The van der Waals surface area contributed by atoms with E-state index in [1.807, 2.05) is 42.7 Å². The zero-order valence-corrected chi connectivity index (χ0v) is 29.0. The molecule has 1 saturated heterocycles. The smallest absolute Gasteiger partial charge is 0.463 e. The minimum Gasteiger partial charge on any atom is -0.497 e. The predicted octanol–water partition coefficient (Wildman–Crippen LogP) is 6.41. The van der Waals surface area contributed by atoms with Gasteiger partial charge in [0.25, 0.3) is 0 Å². The van der Waals surface area contributed by atoms with E-state index in [9.17, 15) is 4.79 Å². The molecule has 2 aromatic carbocycles. The van der Waals surface area contributed by atoms with Crippen molar-refractivity contribution in [2.75, 3.05) is 25.2 Å². The molecule has 0 bridgehead atoms. The van der Waals surface area contributed by atoms with Crippen molar-refractivity contribution in [2.45, 2.75) is 77.8 Å². The molecule has 5 rings (SSSR count). The highest BCUT2D eigenvalue weighted by molar-refractivity contribution is 8.07. The summed E-state index contributed by atoms with van der Waals surface area (Å²) in [5.74, 6) is 1.98. The number of thioether (sulfide) groups is 1. The maximum Gasteiger partial charge on any atom is 0.463 e. The van der Waals surface area contributed by atoms with E-state index in [0.717, 1.165) is 16.4 Å². The van der Waals surface area contributed by atoms with Crippen LogP contribution in [0.3, 0.4) is 0 Å². The van der Waals surface area contributed by atoms with Crippen molar-refractivity contribution in [1.29, 1.82) is 0 Å². The van der Waals surface area contributed by atoms with Gasteiger partial charge in [0, 0.05) is 17.7 Å². The highest BCUT2D eigenvalue weighted by Crippen LogP contribution is 2.60. The summed E-state index contributed by atoms with van der Waals surface area (Å²) >= 11 is 1.55. The Hall–Kier alpha value is -3.35. The van der Waals surface area contributed by atoms with Gasteiger partial charge in [0.05, 0.1) is 36.2 Å². The number of benzene rings is 2. The van der Waals surface area contributed by atoms with Gasteiger partial charge in [-0.1, -0.05) is 18.2 Å². The second-order valence-electron chi connectivity index (χ2n) is 12.0. The number of para-hydroxylation sites is 1. The molecule has 0 saturated carbocycles. The van der Waals surface area contributed by atoms with Gasteiger partial charge in [-0.3, -0.25) is 9.32 Å². The Bertz CT molecular complexity index is 1740. The summed E-state index contributed by atoms with van der Waals surface area (Å²) in [7, 11) is -2.64. The Morgan fingerprint density at radius 3 is 2.43 bits per heavy atom. The summed E-state index contributed by atoms with van der Waals surface area (Å²) < 4.78 is 48.0. The molecule has 0 aliphatic carbocycles. The maximum atomic E-state index is 15.1. The molecule has 1 aliphatic heterocycles. The van der Waals surface area contributed by atoms with Crippen molar-refractivity contribution in [3.05, 3.63) is 54.4 Å². The van der Waals surface area contributed by atoms with Gasteiger partial charge in [0.2, 0.25) is 0 Å². The second-order valence-corrected chi connectivity index (χ2v) is 15.0. The molecule has 3 heterocycles. The number of carbonyl (C=O) groups is 1. The SMILES string of the molecule is CCOCc1nc2c(N)nc3ccccc3c2n1C[C@@H](C)OP(=O)(Oc1ccc(OC)cc1)N(C1CS1)[C@@H](C)C(=O)OC(C)(C)C. The minimum absolute atomic E-state index is 0.228. The van der Waals surface area contributed by atoms with Crippen molar-refractivity contribution in [2.24, 2.45) is 0 Å². The van der Waals surface area contributed by atoms with Crippen LogP contribution < -0.4 is 15.0 Å². The first-order chi connectivity index (χ1) is 21.8. The number of nitrogen functional groups attached to an aromatic ring is 1. The van der Waals surface area contributed by atoms with Crippen LogP contribution in [0.5, 0.6) is 11.5 Å². The van der Waals surface area contributed by atoms with Crippen molar-refractivity contribution >= 4 is 53.2 Å². The lowest BCUT2D eigenvalue weighted by Crippen LogP contribution is -2.43. The van der Waals surface area contributed by atoms with Crippen molar-refractivity contribution in [3.63, 3.8) is 0 Å². The number of carbonyl (C=O) groups excluding carboxylic acids is 1. The lowest BCUT2D eigenvalue weighted by Gasteiger charge is -2.35. The third-order valence-electron chi connectivity index (χ3n) is 7.20. The number of aromatic nitrogens is 3. The quantitative estimate of drug-likeness (QED) is 0.0900. The number of imidazole rings is 1. The van der Waals surface area contributed by atoms with Crippen molar-refractivity contribution < 1.29 is 32.6 Å². The lowest BCUT2D eigenvalue weighted by molar-refractivity contribution is -0.159. The van der Waals surface area contributed by atoms with E-state index in [-0.39, 0.29) is 18.5 Å². The number of hydrogen-bond donors (Lipinski definition) is 1. The molecule has 4 atom stereocenters. The van der Waals surface area contributed by atoms with Gasteiger partial charge in [0.15, 0.2) is 5.82 Å². The monoisotopic (exact) mass is 671 g/mol. The first kappa shape index (κ1) is 34.0. The number of nitrogens with zero attached hydrogens (tertiary/aromatic N) is 4. The largest absolute Gasteiger partial charge is 0.497 e. The number of fused-ring (bicyclic) bond motifs is 3. The molecule has 0 radical (unpaired) electrons. The van der Waals surface area contributed by atoms with Crippen LogP contribution in [0.15, 0.2) is 48.5 Å². The Labute approximate surface area is 273 Å². The summed E-state index contributed by atoms with van der Waals surface area (Å²) in [4.78, 5) is 22.7. The Balaban J connectivity index is 1.54. The number of nitrogens with two attached hydrogens (primary N) is 1. The van der Waals surface area contributed by atoms with Gasteiger partial charge in [0.1, 0.15) is 41.1 Å². The molecule has 2 unspecified atom stereocenters. The fraction of sp³-hybridized carbons (Fsp3) is 0.469. The number of ether oxygens (including phenoxy) is 3. The molecule has 2 N–H and O–H groups in total. The predicted molar refractivity (Wildman–Crippen MR) is 180 cm³/mol. The fourth-order valence-electron chi connectivity index (χ4n) is 5.13. The molecular weight excluding hydrogens is 629 g/mol. The van der Waals surface area contributed by atoms with Crippen LogP contribution in [-0.2, 0) is 36.5 Å². The number of methoxy groups -OCH3 is 1. The topological polar surface area (TPSA) is 140 Å². The second kappa shape index (κ2) is 13.8. The van der Waals surface area contributed by atoms with Crippen LogP contribution >= 0.6 is 19.5 Å². The standard InChI is InChI=1S/C32H42N5O7PS/c1-8-41-18-26-35-28-29(24-11-9-10-12-25(24)34-30(28)33)36(26)17-20(2)43-45(39,44-23-15-13-22(40-7)14-16-23)37(27-19-46-27)21(3)31(38)42-32(4,5)6/h9-16,20-21,27H,8,17-19H2,1-7H3,(H2,33,34)/t20-,21+,27?,45?/m1/s1. The van der Waals surface area contributed by atoms with Gasteiger partial charge in [-0.05, 0) is 71.9 Å². The fourth-order valence-corrected chi connectivity index (χ4v) is 8.44. The van der Waals surface area contributed by atoms with Crippen molar-refractivity contribution in [3.8, 4) is 11.5 Å². The average Bonchev–Trinajstić information content (AvgIpc) is 3.76. The first-order valence-electron chi connectivity index (χ1n) is 15.2. The highest BCUT2D eigenvalue weighted by Gasteiger charge is 2.51. The lowest BCUT2D eigenvalue weighted by atomic mass is 10.2. The van der Waals surface area contributed by atoms with E-state index in [1.54, 1.807) is 70.8 Å². The number of anilines is 1. The molecule has 248 valence electrons. The normalized spacial score (nSPS) is 17.5. The van der Waals surface area contributed by atoms with E-state index in [2.05, 4.69) is 4.98 Å². The molecule has 4 aromatic rings. The maximum absolute atomic E-state index is 15.1. The molecule has 14 heteroatoms. The number of rotatable bonds is 14. The number of esters is 1. The molecule has 12 nitrogen and oxygen atoms in total. The van der Waals surface area contributed by atoms with Crippen LogP contribution in [0, 0.1) is 0 Å². The minimum atomic E-state index is -4.20. The van der Waals surface area contributed by atoms with Crippen LogP contribution in [0.2, 0.25) is 0 Å². The Morgan fingerprint density at radius 2 is 1.80 bits per heavy atom. The van der Waals surface area contributed by atoms with Crippen LogP contribution in [0.25, 0.3) is 21.9 Å². The highest BCUT2D eigenvalue weighted by atomic mass is 32.2. The Kier molecular flexibility index (Phi) is 10.2. The van der Waals surface area contributed by atoms with E-state index in [4.69, 9.17) is 34.0 Å². The first-order valence-corrected chi connectivity index (χ1v) is 17.7. The van der Waals surface area contributed by atoms with E-state index in [1.165, 1.54) is 4.67 Å². The summed E-state index contributed by atoms with van der Waals surface area (Å²) in [6.45, 7) is 11.7. The number of pyridine rings is 1. The molecule has 0 spiro atoms. The third kappa shape index (κ3) is 7.61.